The number of ether oxygens (including phenoxy) is 5. The van der Waals surface area contributed by atoms with Crippen LogP contribution in [0.3, 0.4) is 0 Å². The fraction of sp³-hybridized carbons (Fsp3) is 0.510. The van der Waals surface area contributed by atoms with Gasteiger partial charge in [-0.05, 0) is 101 Å². The molecule has 0 aliphatic carbocycles. The molecule has 3 aromatic rings. The smallest absolute Gasteiger partial charge is 0.407 e. The largest absolute Gasteiger partial charge is 0.463 e. The first-order chi connectivity index (χ1) is 33.0. The normalized spacial score (nSPS) is 17.5. The zero-order valence-electron chi connectivity index (χ0n) is 41.0. The number of carbonyl (C=O) groups is 5. The van der Waals surface area contributed by atoms with Gasteiger partial charge in [-0.15, -0.1) is 0 Å². The molecule has 18 nitrogen and oxygen atoms in total. The second-order valence-corrected chi connectivity index (χ2v) is 18.6. The molecule has 0 saturated carbocycles. The third-order valence-electron chi connectivity index (χ3n) is 12.9. The van der Waals surface area contributed by atoms with Crippen LogP contribution in [0.4, 0.5) is 4.79 Å². The third kappa shape index (κ3) is 11.6. The first-order valence-electron chi connectivity index (χ1n) is 23.8. The number of allylic oxidation sites excluding steroid dienone is 2. The number of fused-ring (bicyclic) bond motifs is 8. The predicted octanol–water partition coefficient (Wildman–Crippen LogP) is 6.50. The van der Waals surface area contributed by atoms with E-state index in [1.807, 2.05) is 45.9 Å². The van der Waals surface area contributed by atoms with Gasteiger partial charge in [-0.25, -0.2) is 14.6 Å². The maximum Gasteiger partial charge on any atom is 0.407 e. The molecule has 4 aliphatic heterocycles. The number of aromatic amines is 2. The highest BCUT2D eigenvalue weighted by atomic mass is 16.6. The van der Waals surface area contributed by atoms with E-state index >= 15 is 4.79 Å². The second-order valence-electron chi connectivity index (χ2n) is 18.6. The number of carbonyl (C=O) groups excluding carboxylic acids is 5. The number of aromatic nitrogens is 4. The van der Waals surface area contributed by atoms with E-state index in [0.29, 0.717) is 95.2 Å². The lowest BCUT2D eigenvalue weighted by Crippen LogP contribution is -2.47. The van der Waals surface area contributed by atoms with Gasteiger partial charge < -0.3 is 44.1 Å². The molecule has 370 valence electrons. The number of morpholine rings is 1. The van der Waals surface area contributed by atoms with E-state index in [4.69, 9.17) is 33.7 Å². The van der Waals surface area contributed by atoms with Crippen LogP contribution in [0.25, 0.3) is 39.3 Å². The first kappa shape index (κ1) is 50.7. The van der Waals surface area contributed by atoms with E-state index in [1.165, 1.54) is 11.0 Å². The van der Waals surface area contributed by atoms with Gasteiger partial charge in [0, 0.05) is 84.9 Å². The maximum atomic E-state index is 15.1. The number of amides is 3. The van der Waals surface area contributed by atoms with E-state index in [1.54, 1.807) is 26.8 Å². The summed E-state index contributed by atoms with van der Waals surface area (Å²) in [5, 5.41) is 11.9. The molecular weight excluding hydrogens is 887 g/mol. The van der Waals surface area contributed by atoms with Crippen LogP contribution in [0.1, 0.15) is 133 Å². The number of hydrogen-bond acceptors (Lipinski definition) is 14. The molecule has 18 heteroatoms. The number of aliphatic hydroxyl groups is 1. The van der Waals surface area contributed by atoms with E-state index in [-0.39, 0.29) is 70.4 Å². The number of nitrogens with zero attached hydrogens (tertiary/aromatic N) is 4. The average Bonchev–Trinajstić information content (AvgIpc) is 3.99. The maximum absolute atomic E-state index is 15.1. The Kier molecular flexibility index (Phi) is 16.2. The van der Waals surface area contributed by atoms with E-state index in [0.717, 1.165) is 22.3 Å². The van der Waals surface area contributed by atoms with Crippen molar-refractivity contribution in [2.75, 3.05) is 79.0 Å². The summed E-state index contributed by atoms with van der Waals surface area (Å²) in [6.07, 6.45) is 3.40. The Hall–Kier alpha value is -6.21. The standard InChI is InChI=1S/C51H65N7O11/c1-9-33-29(2)37-27-41-34(10-12-42(60)67-23-19-59)30(3)36(54-41)26-38-31(4)35(11-13-43(61)68-25-24-65-20-14-52-50(64)69-51(6,7)8)46(55-38)45-47-44(32(5)39(56-47)28-40(33)53-37)48(62)58(49(45)63)16-15-57-17-21-66-22-18-57/h10,12,26-28,31,35,54,56,59H,9,11,13-25H2,1-8H3,(H,52,64)/b12-10+,36-26?,37-27?,38-26?,39-28?,40-28?,41-27?,46-45?/t31-,35-/m0/s1. The molecule has 0 radical (unpaired) electrons. The van der Waals surface area contributed by atoms with Crippen LogP contribution in [0.15, 0.2) is 24.3 Å². The van der Waals surface area contributed by atoms with Crippen molar-refractivity contribution >= 4 is 69.1 Å². The SMILES string of the molecule is CCC1=C(C)c2cc3[nH]c(cc4nc(c5c6[nH]c(cc1n2)c(C)c6C(=O)N(CCN1CCOCC1)C5=O)[C@@H](CCC(=O)OCCOCCNC(=O)OC(C)(C)C)[C@@H]4C)c(C)c3/C=C/C(=O)OCCO. The zero-order valence-corrected chi connectivity index (χ0v) is 41.0. The minimum atomic E-state index is -0.622. The lowest BCUT2D eigenvalue weighted by molar-refractivity contribution is -0.145. The van der Waals surface area contributed by atoms with Crippen LogP contribution in [0, 0.1) is 13.8 Å². The highest BCUT2D eigenvalue weighted by molar-refractivity contribution is 6.23. The van der Waals surface area contributed by atoms with Gasteiger partial charge in [-0.2, -0.15) is 0 Å². The summed E-state index contributed by atoms with van der Waals surface area (Å²) in [6, 6.07) is 5.81. The summed E-state index contributed by atoms with van der Waals surface area (Å²) >= 11 is 0. The van der Waals surface area contributed by atoms with Crippen molar-refractivity contribution in [3.05, 3.63) is 74.9 Å². The van der Waals surface area contributed by atoms with E-state index in [9.17, 15) is 24.3 Å². The molecule has 4 aliphatic rings. The minimum absolute atomic E-state index is 0.00165. The van der Waals surface area contributed by atoms with Crippen molar-refractivity contribution in [1.29, 1.82) is 0 Å². The van der Waals surface area contributed by atoms with Crippen molar-refractivity contribution in [2.45, 2.75) is 92.1 Å². The Balaban J connectivity index is 1.31. The molecule has 2 atom stereocenters. The Morgan fingerprint density at radius 3 is 2.35 bits per heavy atom. The number of alkyl carbamates (subject to hydrolysis) is 1. The van der Waals surface area contributed by atoms with Gasteiger partial charge in [-0.3, -0.25) is 29.2 Å². The van der Waals surface area contributed by atoms with Crippen LogP contribution >= 0.6 is 0 Å². The Bertz CT molecular complexity index is 2700. The van der Waals surface area contributed by atoms with E-state index < -0.39 is 41.4 Å². The topological polar surface area (TPSA) is 228 Å². The Morgan fingerprint density at radius 1 is 0.899 bits per heavy atom. The lowest BCUT2D eigenvalue weighted by Gasteiger charge is -2.31. The number of H-pyrrole nitrogens is 2. The van der Waals surface area contributed by atoms with Crippen molar-refractivity contribution in [1.82, 2.24) is 35.1 Å². The molecule has 0 aromatic carbocycles. The molecule has 4 N–H and O–H groups in total. The average molecular weight is 952 g/mol. The van der Waals surface area contributed by atoms with Crippen molar-refractivity contribution in [3.8, 4) is 0 Å². The van der Waals surface area contributed by atoms with Crippen LogP contribution in [0.5, 0.6) is 0 Å². The van der Waals surface area contributed by atoms with Crippen LogP contribution in [0.2, 0.25) is 0 Å². The zero-order chi connectivity index (χ0) is 49.6. The van der Waals surface area contributed by atoms with Gasteiger partial charge in [0.05, 0.1) is 66.8 Å². The number of aliphatic hydroxyl groups excluding tert-OH is 1. The van der Waals surface area contributed by atoms with Gasteiger partial charge >= 0.3 is 18.0 Å². The van der Waals surface area contributed by atoms with Gasteiger partial charge in [-0.1, -0.05) is 13.8 Å². The number of aryl methyl sites for hydroxylation is 2. The number of esters is 2. The number of imide groups is 1. The van der Waals surface area contributed by atoms with Gasteiger partial charge in [0.15, 0.2) is 0 Å². The van der Waals surface area contributed by atoms with E-state index in [2.05, 4.69) is 27.1 Å². The van der Waals surface area contributed by atoms with Crippen LogP contribution in [-0.4, -0.2) is 149 Å². The van der Waals surface area contributed by atoms with Crippen molar-refractivity contribution in [3.63, 3.8) is 0 Å². The van der Waals surface area contributed by atoms with Gasteiger partial charge in [0.2, 0.25) is 0 Å². The molecule has 69 heavy (non-hydrogen) atoms. The molecular formula is C51H65N7O11. The van der Waals surface area contributed by atoms with Crippen molar-refractivity contribution in [2.24, 2.45) is 0 Å². The predicted molar refractivity (Wildman–Crippen MR) is 259 cm³/mol. The molecule has 0 spiro atoms. The molecule has 8 bridgehead atoms. The Labute approximate surface area is 401 Å². The number of rotatable bonds is 17. The highest BCUT2D eigenvalue weighted by Crippen LogP contribution is 2.44. The third-order valence-corrected chi connectivity index (χ3v) is 12.9. The van der Waals surface area contributed by atoms with Crippen LogP contribution < -0.4 is 5.32 Å². The molecule has 1 fully saturated rings. The van der Waals surface area contributed by atoms with Gasteiger partial charge in [0.25, 0.3) is 11.8 Å². The molecule has 3 amide bonds. The summed E-state index contributed by atoms with van der Waals surface area (Å²) in [6.45, 7) is 18.5. The number of hydrogen-bond donors (Lipinski definition) is 4. The highest BCUT2D eigenvalue weighted by Gasteiger charge is 2.41. The fourth-order valence-corrected chi connectivity index (χ4v) is 9.18. The summed E-state index contributed by atoms with van der Waals surface area (Å²) in [7, 11) is 0. The molecule has 7 rings (SSSR count). The minimum Gasteiger partial charge on any atom is -0.463 e. The summed E-state index contributed by atoms with van der Waals surface area (Å²) in [5.74, 6) is -2.70. The first-order valence-corrected chi connectivity index (χ1v) is 23.8. The fourth-order valence-electron chi connectivity index (χ4n) is 9.18. The van der Waals surface area contributed by atoms with Crippen LogP contribution in [-0.2, 0) is 33.3 Å². The molecule has 1 saturated heterocycles. The summed E-state index contributed by atoms with van der Waals surface area (Å²) in [4.78, 5) is 88.7. The quantitative estimate of drug-likeness (QED) is 0.0373. The number of nitrogens with one attached hydrogen (secondary N) is 3. The summed E-state index contributed by atoms with van der Waals surface area (Å²) < 4.78 is 27.1. The molecule has 3 aromatic heterocycles. The summed E-state index contributed by atoms with van der Waals surface area (Å²) in [5.41, 5.74) is 9.15. The van der Waals surface area contributed by atoms with Crippen molar-refractivity contribution < 1.29 is 52.8 Å². The molecule has 7 heterocycles. The second kappa shape index (κ2) is 22.0. The lowest BCUT2D eigenvalue weighted by atomic mass is 9.84. The molecule has 0 unspecified atom stereocenters. The monoisotopic (exact) mass is 951 g/mol. The Morgan fingerprint density at radius 2 is 1.62 bits per heavy atom. The van der Waals surface area contributed by atoms with Gasteiger partial charge in [0.1, 0.15) is 18.8 Å².